The predicted octanol–water partition coefficient (Wildman–Crippen LogP) is 4.85. The smallest absolute Gasteiger partial charge is 0.305 e. The second-order valence-corrected chi connectivity index (χ2v) is 8.19. The topological polar surface area (TPSA) is 100 Å². The van der Waals surface area contributed by atoms with E-state index in [2.05, 4.69) is 12.1 Å². The first kappa shape index (κ1) is 25.7. The first-order valence-electron chi connectivity index (χ1n) is 9.91. The molecular weight excluding hydrogens is 356 g/mol. The molecule has 0 saturated carbocycles. The van der Waals surface area contributed by atoms with Crippen molar-refractivity contribution in [3.63, 3.8) is 0 Å². The van der Waals surface area contributed by atoms with E-state index in [1.165, 1.54) is 0 Å². The van der Waals surface area contributed by atoms with E-state index in [-0.39, 0.29) is 24.8 Å². The maximum Gasteiger partial charge on any atom is 0.305 e. The first-order chi connectivity index (χ1) is 13.1. The maximum absolute atomic E-state index is 11.6. The number of nitrogens with zero attached hydrogens (tertiary/aromatic N) is 2. The number of hydrogen-bond donors (Lipinski definition) is 0. The molecule has 0 N–H and O–H groups in total. The lowest BCUT2D eigenvalue weighted by Gasteiger charge is -2.13. The summed E-state index contributed by atoms with van der Waals surface area (Å²) in [7, 11) is 0. The van der Waals surface area contributed by atoms with Gasteiger partial charge in [-0.3, -0.25) is 9.59 Å². The van der Waals surface area contributed by atoms with Crippen molar-refractivity contribution in [1.82, 2.24) is 0 Å². The number of unbranched alkanes of at least 4 members (excludes halogenated alkanes) is 2. The van der Waals surface area contributed by atoms with Crippen LogP contribution in [0.4, 0.5) is 0 Å². The van der Waals surface area contributed by atoms with Gasteiger partial charge in [0, 0.05) is 12.8 Å². The highest BCUT2D eigenvalue weighted by atomic mass is 16.5. The van der Waals surface area contributed by atoms with Gasteiger partial charge in [0.1, 0.15) is 0 Å². The number of ether oxygens (including phenoxy) is 2. The normalized spacial score (nSPS) is 11.6. The van der Waals surface area contributed by atoms with Gasteiger partial charge < -0.3 is 9.47 Å². The van der Waals surface area contributed by atoms with Gasteiger partial charge in [-0.15, -0.1) is 0 Å². The minimum absolute atomic E-state index is 0.257. The van der Waals surface area contributed by atoms with E-state index < -0.39 is 10.8 Å². The van der Waals surface area contributed by atoms with Gasteiger partial charge in [0.15, 0.2) is 0 Å². The molecular formula is C22H34N2O4. The average Bonchev–Trinajstić information content (AvgIpc) is 2.66. The monoisotopic (exact) mass is 390 g/mol. The Kier molecular flexibility index (Phi) is 12.6. The van der Waals surface area contributed by atoms with Crippen LogP contribution >= 0.6 is 0 Å². The van der Waals surface area contributed by atoms with Crippen molar-refractivity contribution in [1.29, 1.82) is 10.5 Å². The SMILES string of the molecule is CC(C)(C#N)CCC(=O)OCCC/C=C\CCCOC(=O)CCC(C)(C)C#N. The molecule has 0 amide bonds. The van der Waals surface area contributed by atoms with Gasteiger partial charge in [0.2, 0.25) is 0 Å². The third kappa shape index (κ3) is 14.8. The van der Waals surface area contributed by atoms with Crippen LogP contribution in [0.15, 0.2) is 12.2 Å². The van der Waals surface area contributed by atoms with Crippen molar-refractivity contribution in [3.8, 4) is 12.1 Å². The highest BCUT2D eigenvalue weighted by molar-refractivity contribution is 5.69. The van der Waals surface area contributed by atoms with Crippen LogP contribution in [-0.4, -0.2) is 25.2 Å². The molecule has 0 aromatic heterocycles. The summed E-state index contributed by atoms with van der Waals surface area (Å²) < 4.78 is 10.3. The quantitative estimate of drug-likeness (QED) is 0.239. The zero-order valence-corrected chi connectivity index (χ0v) is 17.8. The third-order valence-corrected chi connectivity index (χ3v) is 4.24. The minimum atomic E-state index is -0.497. The van der Waals surface area contributed by atoms with Gasteiger partial charge in [-0.2, -0.15) is 10.5 Å². The first-order valence-corrected chi connectivity index (χ1v) is 9.91. The maximum atomic E-state index is 11.6. The molecule has 0 unspecified atom stereocenters. The predicted molar refractivity (Wildman–Crippen MR) is 107 cm³/mol. The molecule has 0 aliphatic heterocycles. The molecule has 0 aliphatic carbocycles. The minimum Gasteiger partial charge on any atom is -0.466 e. The molecule has 0 aliphatic rings. The molecule has 0 heterocycles. The van der Waals surface area contributed by atoms with Gasteiger partial charge in [-0.25, -0.2) is 0 Å². The highest BCUT2D eigenvalue weighted by Gasteiger charge is 2.19. The van der Waals surface area contributed by atoms with Crippen molar-refractivity contribution < 1.29 is 19.1 Å². The summed E-state index contributed by atoms with van der Waals surface area (Å²) in [6.07, 6.45) is 8.76. The molecule has 6 nitrogen and oxygen atoms in total. The zero-order valence-electron chi connectivity index (χ0n) is 17.8. The molecule has 6 heteroatoms. The van der Waals surface area contributed by atoms with Crippen molar-refractivity contribution in [3.05, 3.63) is 12.2 Å². The van der Waals surface area contributed by atoms with Crippen molar-refractivity contribution in [2.45, 2.75) is 79.1 Å². The van der Waals surface area contributed by atoms with Crippen LogP contribution in [0.1, 0.15) is 79.1 Å². The Morgan fingerprint density at radius 2 is 1.14 bits per heavy atom. The summed E-state index contributed by atoms with van der Waals surface area (Å²) in [6, 6.07) is 4.33. The van der Waals surface area contributed by atoms with Gasteiger partial charge in [0.25, 0.3) is 0 Å². The van der Waals surface area contributed by atoms with Crippen LogP contribution < -0.4 is 0 Å². The molecule has 0 spiro atoms. The third-order valence-electron chi connectivity index (χ3n) is 4.24. The number of hydrogen-bond acceptors (Lipinski definition) is 6. The summed E-state index contributed by atoms with van der Waals surface area (Å²) in [5.74, 6) is -0.514. The Bertz CT molecular complexity index is 543. The second kappa shape index (κ2) is 13.8. The zero-order chi connectivity index (χ0) is 21.5. The number of nitriles is 2. The molecule has 0 rings (SSSR count). The van der Waals surface area contributed by atoms with Gasteiger partial charge in [-0.1, -0.05) is 12.2 Å². The Morgan fingerprint density at radius 1 is 0.786 bits per heavy atom. The van der Waals surface area contributed by atoms with Crippen LogP contribution in [0.25, 0.3) is 0 Å². The number of carbonyl (C=O) groups excluding carboxylic acids is 2. The summed E-state index contributed by atoms with van der Waals surface area (Å²) in [4.78, 5) is 23.2. The highest BCUT2D eigenvalue weighted by Crippen LogP contribution is 2.21. The van der Waals surface area contributed by atoms with Crippen LogP contribution in [0.2, 0.25) is 0 Å². The van der Waals surface area contributed by atoms with E-state index in [0.717, 1.165) is 25.7 Å². The van der Waals surface area contributed by atoms with Crippen molar-refractivity contribution in [2.75, 3.05) is 13.2 Å². The molecule has 156 valence electrons. The molecule has 0 aromatic rings. The lowest BCUT2D eigenvalue weighted by Crippen LogP contribution is -2.13. The van der Waals surface area contributed by atoms with E-state index in [1.54, 1.807) is 0 Å². The van der Waals surface area contributed by atoms with Gasteiger partial charge >= 0.3 is 11.9 Å². The van der Waals surface area contributed by atoms with E-state index in [1.807, 2.05) is 39.8 Å². The van der Waals surface area contributed by atoms with Crippen molar-refractivity contribution in [2.24, 2.45) is 10.8 Å². The number of carbonyl (C=O) groups is 2. The van der Waals surface area contributed by atoms with E-state index >= 15 is 0 Å². The molecule has 0 fully saturated rings. The van der Waals surface area contributed by atoms with Crippen LogP contribution in [0, 0.1) is 33.5 Å². The fraction of sp³-hybridized carbons (Fsp3) is 0.727. The molecule has 0 aromatic carbocycles. The van der Waals surface area contributed by atoms with Gasteiger partial charge in [0.05, 0.1) is 36.2 Å². The van der Waals surface area contributed by atoms with Crippen LogP contribution in [0.5, 0.6) is 0 Å². The summed E-state index contributed by atoms with van der Waals surface area (Å²) in [5.41, 5.74) is -0.993. The van der Waals surface area contributed by atoms with Gasteiger partial charge in [-0.05, 0) is 66.2 Å². The molecule has 0 bridgehead atoms. The Hall–Kier alpha value is -2.34. The summed E-state index contributed by atoms with van der Waals surface area (Å²) >= 11 is 0. The Labute approximate surface area is 169 Å². The van der Waals surface area contributed by atoms with E-state index in [9.17, 15) is 9.59 Å². The largest absolute Gasteiger partial charge is 0.466 e. The Morgan fingerprint density at radius 3 is 1.46 bits per heavy atom. The lowest BCUT2D eigenvalue weighted by molar-refractivity contribution is -0.145. The fourth-order valence-electron chi connectivity index (χ4n) is 2.10. The van der Waals surface area contributed by atoms with E-state index in [4.69, 9.17) is 20.0 Å². The number of allylic oxidation sites excluding steroid dienone is 2. The average molecular weight is 391 g/mol. The fourth-order valence-corrected chi connectivity index (χ4v) is 2.10. The second-order valence-electron chi connectivity index (χ2n) is 8.19. The lowest BCUT2D eigenvalue weighted by atomic mass is 9.90. The molecule has 0 radical (unpaired) electrons. The summed E-state index contributed by atoms with van der Waals surface area (Å²) in [5, 5.41) is 17.8. The molecule has 28 heavy (non-hydrogen) atoms. The standard InChI is InChI=1S/C22H34N2O4/c1-21(2,17-23)13-11-19(25)27-15-9-7-5-6-8-10-16-28-20(26)12-14-22(3,4)18-24/h5-6H,7-16H2,1-4H3/b6-5-. The summed E-state index contributed by atoms with van der Waals surface area (Å²) in [6.45, 7) is 7.99. The number of esters is 2. The van der Waals surface area contributed by atoms with Crippen molar-refractivity contribution >= 4 is 11.9 Å². The number of rotatable bonds is 14. The molecule has 0 saturated heterocycles. The van der Waals surface area contributed by atoms with E-state index in [0.29, 0.717) is 26.1 Å². The molecule has 0 atom stereocenters. The van der Waals surface area contributed by atoms with Crippen LogP contribution in [-0.2, 0) is 19.1 Å². The Balaban J connectivity index is 3.59. The van der Waals surface area contributed by atoms with Crippen LogP contribution in [0.3, 0.4) is 0 Å².